The average molecular weight is 500 g/mol. The molecule has 5 rings (SSSR count). The molecule has 1 fully saturated rings. The number of piperazine rings is 1. The molecule has 1 saturated heterocycles. The standard InChI is InChI=1S/C25H26ClN3O4S/c1-17(18-7-9-19(10-8-18)29-15-13-28(2)14-16-29)20-11-12-23-24(25(20)33-26(30,31)32)27-21-5-3-4-6-22(21)34-23/h3-12,17,27H,13-16H2,1-2H3. The third kappa shape index (κ3) is 4.84. The van der Waals surface area contributed by atoms with Crippen molar-refractivity contribution in [2.45, 2.75) is 22.6 Å². The van der Waals surface area contributed by atoms with Crippen LogP contribution in [-0.4, -0.2) is 38.1 Å². The number of para-hydroxylation sites is 1. The van der Waals surface area contributed by atoms with Gasteiger partial charge in [-0.1, -0.05) is 53.3 Å². The van der Waals surface area contributed by atoms with Crippen LogP contribution >= 0.6 is 11.8 Å². The van der Waals surface area contributed by atoms with E-state index in [-0.39, 0.29) is 11.7 Å². The first-order valence-electron chi connectivity index (χ1n) is 11.1. The topological polar surface area (TPSA) is 96.9 Å². The van der Waals surface area contributed by atoms with E-state index < -0.39 is 10.2 Å². The van der Waals surface area contributed by atoms with Gasteiger partial charge in [0, 0.05) is 53.1 Å². The fourth-order valence-electron chi connectivity index (χ4n) is 4.43. The van der Waals surface area contributed by atoms with Gasteiger partial charge >= 0.3 is 5.75 Å². The van der Waals surface area contributed by atoms with Gasteiger partial charge in [-0.05, 0) is 42.9 Å². The number of fused-ring (bicyclic) bond motifs is 2. The molecule has 0 saturated carbocycles. The molecule has 2 aliphatic rings. The summed E-state index contributed by atoms with van der Waals surface area (Å²) in [6.07, 6.45) is 0. The fraction of sp³-hybridized carbons (Fsp3) is 0.280. The highest BCUT2D eigenvalue weighted by molar-refractivity contribution is 7.99. The summed E-state index contributed by atoms with van der Waals surface area (Å²) in [5.74, 6) is -0.144. The van der Waals surface area contributed by atoms with Gasteiger partial charge in [-0.25, -0.2) is 0 Å². The Morgan fingerprint density at radius 1 is 0.912 bits per heavy atom. The third-order valence-electron chi connectivity index (χ3n) is 6.42. The first-order chi connectivity index (χ1) is 16.3. The molecule has 0 spiro atoms. The molecule has 0 radical (unpaired) electrons. The van der Waals surface area contributed by atoms with E-state index in [0.717, 1.165) is 47.2 Å². The van der Waals surface area contributed by atoms with Gasteiger partial charge in [-0.15, -0.1) is 0 Å². The average Bonchev–Trinajstić information content (AvgIpc) is 2.82. The van der Waals surface area contributed by atoms with Gasteiger partial charge in [-0.3, -0.25) is 0 Å². The summed E-state index contributed by atoms with van der Waals surface area (Å²) in [6.45, 7) is 6.02. The van der Waals surface area contributed by atoms with E-state index in [1.165, 1.54) is 17.4 Å². The second kappa shape index (κ2) is 9.30. The summed E-state index contributed by atoms with van der Waals surface area (Å²) in [4.78, 5) is 6.50. The Balaban J connectivity index is 1.47. The van der Waals surface area contributed by atoms with Crippen molar-refractivity contribution in [1.29, 1.82) is 0 Å². The molecule has 0 aromatic heterocycles. The SMILES string of the molecule is CC(c1ccc(N2CCN(C)CC2)cc1)c1ccc2c(c1O[Cl+3]([O-])([O-])[O-])Nc1ccccc1S2. The van der Waals surface area contributed by atoms with E-state index in [4.69, 9.17) is 4.29 Å². The van der Waals surface area contributed by atoms with Crippen molar-refractivity contribution in [2.24, 2.45) is 0 Å². The largest absolute Gasteiger partial charge is 0.369 e. The number of halogens is 1. The lowest BCUT2D eigenvalue weighted by molar-refractivity contribution is -1.91. The van der Waals surface area contributed by atoms with E-state index in [2.05, 4.69) is 46.4 Å². The summed E-state index contributed by atoms with van der Waals surface area (Å²) < 4.78 is 39.9. The fourth-order valence-corrected chi connectivity index (χ4v) is 5.78. The quantitative estimate of drug-likeness (QED) is 0.446. The molecule has 178 valence electrons. The Morgan fingerprint density at radius 2 is 1.62 bits per heavy atom. The predicted octanol–water partition coefficient (Wildman–Crippen LogP) is 2.07. The van der Waals surface area contributed by atoms with Crippen LogP contribution in [-0.2, 0) is 0 Å². The lowest BCUT2D eigenvalue weighted by Gasteiger charge is -2.34. The minimum Gasteiger partial charge on any atom is -0.369 e. The summed E-state index contributed by atoms with van der Waals surface area (Å²) >= 11 is 1.51. The van der Waals surface area contributed by atoms with Gasteiger partial charge in [0.05, 0.1) is 5.69 Å². The number of likely N-dealkylation sites (N-methyl/N-ethyl adjacent to an activating group) is 1. The van der Waals surface area contributed by atoms with Crippen LogP contribution in [0.3, 0.4) is 0 Å². The first kappa shape index (κ1) is 23.3. The van der Waals surface area contributed by atoms with Gasteiger partial charge < -0.3 is 15.1 Å². The van der Waals surface area contributed by atoms with Gasteiger partial charge in [0.1, 0.15) is 15.9 Å². The highest BCUT2D eigenvalue weighted by Crippen LogP contribution is 2.51. The van der Waals surface area contributed by atoms with Gasteiger partial charge in [0.15, 0.2) is 0 Å². The van der Waals surface area contributed by atoms with Crippen molar-refractivity contribution >= 4 is 28.8 Å². The Hall–Kier alpha value is -2.46. The van der Waals surface area contributed by atoms with E-state index in [1.807, 2.05) is 43.3 Å². The molecule has 0 bridgehead atoms. The minimum absolute atomic E-state index is 0.0480. The summed E-state index contributed by atoms with van der Waals surface area (Å²) in [5, 5.41) is 3.27. The zero-order valence-electron chi connectivity index (χ0n) is 19.0. The molecular weight excluding hydrogens is 474 g/mol. The van der Waals surface area contributed by atoms with Crippen molar-refractivity contribution in [3.05, 3.63) is 71.8 Å². The van der Waals surface area contributed by atoms with Gasteiger partial charge in [-0.2, -0.15) is 14.0 Å². The number of nitrogens with one attached hydrogen (secondary N) is 1. The van der Waals surface area contributed by atoms with E-state index >= 15 is 0 Å². The molecule has 2 heterocycles. The van der Waals surface area contributed by atoms with Crippen LogP contribution in [0.15, 0.2) is 70.5 Å². The number of hydrogen-bond donors (Lipinski definition) is 1. The Bertz CT molecular complexity index is 1180. The molecule has 0 aliphatic carbocycles. The maximum Gasteiger partial charge on any atom is 0.316 e. The molecule has 34 heavy (non-hydrogen) atoms. The Morgan fingerprint density at radius 3 is 2.32 bits per heavy atom. The van der Waals surface area contributed by atoms with Crippen molar-refractivity contribution in [3.63, 3.8) is 0 Å². The maximum absolute atomic E-state index is 11.6. The van der Waals surface area contributed by atoms with Gasteiger partial charge in [0.25, 0.3) is 0 Å². The third-order valence-corrected chi connectivity index (χ3v) is 7.90. The summed E-state index contributed by atoms with van der Waals surface area (Å²) in [7, 11) is -2.52. The molecule has 3 aromatic carbocycles. The molecular formula is C25H26ClN3O4S. The van der Waals surface area contributed by atoms with Crippen molar-refractivity contribution in [1.82, 2.24) is 4.90 Å². The number of benzene rings is 3. The van der Waals surface area contributed by atoms with Crippen LogP contribution in [0.1, 0.15) is 24.0 Å². The zero-order valence-corrected chi connectivity index (χ0v) is 20.6. The van der Waals surface area contributed by atoms with Crippen molar-refractivity contribution in [2.75, 3.05) is 43.4 Å². The minimum atomic E-state index is -4.66. The number of nitrogens with zero attached hydrogens (tertiary/aromatic N) is 2. The number of hydrogen-bond acceptors (Lipinski definition) is 8. The predicted molar refractivity (Wildman–Crippen MR) is 125 cm³/mol. The van der Waals surface area contributed by atoms with E-state index in [1.54, 1.807) is 0 Å². The number of rotatable bonds is 5. The van der Waals surface area contributed by atoms with Crippen LogP contribution in [0, 0.1) is 10.2 Å². The first-order valence-corrected chi connectivity index (χ1v) is 13.2. The molecule has 1 atom stereocenters. The molecule has 9 heteroatoms. The second-order valence-electron chi connectivity index (χ2n) is 8.64. The Labute approximate surface area is 205 Å². The summed E-state index contributed by atoms with van der Waals surface area (Å²) in [6, 6.07) is 19.8. The summed E-state index contributed by atoms with van der Waals surface area (Å²) in [5.41, 5.74) is 4.14. The monoisotopic (exact) mass is 499 g/mol. The zero-order chi connectivity index (χ0) is 23.9. The molecule has 2 aliphatic heterocycles. The van der Waals surface area contributed by atoms with Crippen molar-refractivity contribution < 1.29 is 28.5 Å². The van der Waals surface area contributed by atoms with Crippen LogP contribution in [0.2, 0.25) is 0 Å². The smallest absolute Gasteiger partial charge is 0.316 e. The number of anilines is 3. The van der Waals surface area contributed by atoms with Crippen LogP contribution in [0.4, 0.5) is 17.1 Å². The highest BCUT2D eigenvalue weighted by Gasteiger charge is 2.33. The Kier molecular flexibility index (Phi) is 6.37. The van der Waals surface area contributed by atoms with Crippen molar-refractivity contribution in [3.8, 4) is 5.75 Å². The highest BCUT2D eigenvalue weighted by atomic mass is 35.7. The second-order valence-corrected chi connectivity index (χ2v) is 10.6. The van der Waals surface area contributed by atoms with E-state index in [0.29, 0.717) is 11.3 Å². The lowest BCUT2D eigenvalue weighted by Crippen LogP contribution is -2.63. The molecule has 0 amide bonds. The van der Waals surface area contributed by atoms with Crippen LogP contribution in [0.25, 0.3) is 0 Å². The maximum atomic E-state index is 11.6. The van der Waals surface area contributed by atoms with Crippen LogP contribution < -0.4 is 28.5 Å². The van der Waals surface area contributed by atoms with Gasteiger partial charge in [0.2, 0.25) is 0 Å². The van der Waals surface area contributed by atoms with Crippen LogP contribution in [0.5, 0.6) is 5.75 Å². The molecule has 7 nitrogen and oxygen atoms in total. The normalized spacial score (nSPS) is 16.9. The lowest BCUT2D eigenvalue weighted by atomic mass is 9.91. The molecule has 3 aromatic rings. The van der Waals surface area contributed by atoms with E-state index in [9.17, 15) is 14.0 Å². The molecule has 1 N–H and O–H groups in total. The molecule has 1 unspecified atom stereocenters.